The molecule has 77 heavy (non-hydrogen) atoms. The van der Waals surface area contributed by atoms with E-state index in [1.165, 1.54) is 54.7 Å². The van der Waals surface area contributed by atoms with Gasteiger partial charge in [0.2, 0.25) is 0 Å². The van der Waals surface area contributed by atoms with Crippen LogP contribution in [-0.2, 0) is 22.4 Å². The van der Waals surface area contributed by atoms with E-state index in [0.717, 1.165) is 33.9 Å². The first-order valence-corrected chi connectivity index (χ1v) is 24.7. The van der Waals surface area contributed by atoms with Crippen LogP contribution in [0.2, 0.25) is 10.2 Å². The second-order valence-corrected chi connectivity index (χ2v) is 19.3. The lowest BCUT2D eigenvalue weighted by Gasteiger charge is -2.15. The number of carbonyl (C=O) groups excluding carboxylic acids is 2. The molecule has 11 rings (SSSR count). The highest BCUT2D eigenvalue weighted by Crippen LogP contribution is 2.49. The lowest BCUT2D eigenvalue weighted by molar-refractivity contribution is -0.133. The monoisotopic (exact) mass is 1080 g/mol. The van der Waals surface area contributed by atoms with Crippen LogP contribution in [0.15, 0.2) is 150 Å². The fourth-order valence-corrected chi connectivity index (χ4v) is 8.28. The van der Waals surface area contributed by atoms with E-state index in [4.69, 9.17) is 27.9 Å². The molecule has 2 aromatic carbocycles. The van der Waals surface area contributed by atoms with Crippen molar-refractivity contribution in [3.8, 4) is 11.5 Å². The third-order valence-electron chi connectivity index (χ3n) is 12.4. The summed E-state index contributed by atoms with van der Waals surface area (Å²) in [4.78, 5) is 85.4. The van der Waals surface area contributed by atoms with Crippen molar-refractivity contribution in [2.45, 2.75) is 25.7 Å². The van der Waals surface area contributed by atoms with Crippen LogP contribution in [0.3, 0.4) is 0 Å². The molecule has 0 saturated heterocycles. The van der Waals surface area contributed by atoms with Crippen molar-refractivity contribution in [2.24, 2.45) is 5.41 Å². The predicted octanol–water partition coefficient (Wildman–Crippen LogP) is 10.4. The molecule has 0 radical (unpaired) electrons. The first kappa shape index (κ1) is 54.5. The Kier molecular flexibility index (Phi) is 16.9. The number of H-pyrrole nitrogens is 2. The van der Waals surface area contributed by atoms with Gasteiger partial charge in [-0.25, -0.2) is 28.7 Å². The molecule has 2 N–H and O–H groups in total. The highest BCUT2D eigenvalue weighted by atomic mass is 35.5. The summed E-state index contributed by atoms with van der Waals surface area (Å²) < 4.78 is 34.1. The molecule has 0 spiro atoms. The molecule has 0 amide bonds. The van der Waals surface area contributed by atoms with Gasteiger partial charge in [0.1, 0.15) is 45.7 Å². The first-order valence-electron chi connectivity index (χ1n) is 23.9. The number of ketones is 2. The Bertz CT molecular complexity index is 3910. The summed E-state index contributed by atoms with van der Waals surface area (Å²) in [5.41, 5.74) is 2.81. The Labute approximate surface area is 450 Å². The van der Waals surface area contributed by atoms with E-state index in [-0.39, 0.29) is 52.4 Å². The molecular formula is C57H51Cl2F2N11O5. The summed E-state index contributed by atoms with van der Waals surface area (Å²) >= 11 is 11.6. The van der Waals surface area contributed by atoms with E-state index in [9.17, 15) is 28.0 Å². The Morgan fingerprint density at radius 1 is 0.584 bits per heavy atom. The van der Waals surface area contributed by atoms with E-state index < -0.39 is 11.2 Å². The second kappa shape index (κ2) is 23.9. The van der Waals surface area contributed by atoms with Crippen LogP contribution < -0.4 is 30.3 Å². The summed E-state index contributed by atoms with van der Waals surface area (Å²) in [5, 5.41) is 3.82. The number of anilines is 3. The zero-order chi connectivity index (χ0) is 55.0. The van der Waals surface area contributed by atoms with Gasteiger partial charge in [-0.2, -0.15) is 0 Å². The maximum Gasteiger partial charge on any atom is 0.190 e. The van der Waals surface area contributed by atoms with Crippen LogP contribution in [0.1, 0.15) is 24.0 Å². The lowest BCUT2D eigenvalue weighted by Crippen LogP contribution is -2.29. The number of carbonyl (C=O) groups is 2. The molecule has 8 heterocycles. The van der Waals surface area contributed by atoms with E-state index in [1.54, 1.807) is 67.6 Å². The molecule has 10 aromatic rings. The number of nitrogens with zero attached hydrogens (tertiary/aromatic N) is 9. The number of nitrogens with one attached hydrogen (secondary N) is 2. The van der Waals surface area contributed by atoms with Gasteiger partial charge in [0.15, 0.2) is 22.4 Å². The number of ether oxygens (including phenoxy) is 1. The molecule has 1 saturated carbocycles. The highest BCUT2D eigenvalue weighted by Gasteiger charge is 2.54. The summed E-state index contributed by atoms with van der Waals surface area (Å²) in [5.74, 6) is 1.74. The Morgan fingerprint density at radius 3 is 1.69 bits per heavy atom. The Morgan fingerprint density at radius 2 is 1.10 bits per heavy atom. The molecule has 392 valence electrons. The third kappa shape index (κ3) is 13.2. The second-order valence-electron chi connectivity index (χ2n) is 18.5. The maximum atomic E-state index is 15.0. The van der Waals surface area contributed by atoms with Gasteiger partial charge >= 0.3 is 0 Å². The Balaban J connectivity index is 0.000000159. The summed E-state index contributed by atoms with van der Waals surface area (Å²) in [6, 6.07) is 23.6. The van der Waals surface area contributed by atoms with Gasteiger partial charge in [0.05, 0.1) is 48.7 Å². The number of pyridine rings is 8. The van der Waals surface area contributed by atoms with Crippen LogP contribution in [0.4, 0.5) is 26.2 Å². The highest BCUT2D eigenvalue weighted by molar-refractivity contribution is 6.35. The smallest absolute Gasteiger partial charge is 0.190 e. The average Bonchev–Trinajstić information content (AvgIpc) is 4.26. The molecule has 0 bridgehead atoms. The lowest BCUT2D eigenvalue weighted by atomic mass is 9.88. The van der Waals surface area contributed by atoms with Gasteiger partial charge < -0.3 is 29.4 Å². The quantitative estimate of drug-likeness (QED) is 0.0917. The Hall–Kier alpha value is -8.74. The minimum atomic E-state index is -1.08. The summed E-state index contributed by atoms with van der Waals surface area (Å²) in [6.07, 6.45) is 13.8. The van der Waals surface area contributed by atoms with E-state index in [0.29, 0.717) is 61.5 Å². The van der Waals surface area contributed by atoms with Crippen LogP contribution >= 0.6 is 23.2 Å². The molecule has 0 atom stereocenters. The molecule has 1 fully saturated rings. The van der Waals surface area contributed by atoms with Crippen molar-refractivity contribution in [3.63, 3.8) is 0 Å². The molecule has 16 nitrogen and oxygen atoms in total. The van der Waals surface area contributed by atoms with Crippen molar-refractivity contribution in [1.29, 1.82) is 0 Å². The largest absolute Gasteiger partial charge is 0.456 e. The minimum absolute atomic E-state index is 0.00319. The summed E-state index contributed by atoms with van der Waals surface area (Å²) in [6.45, 7) is 0. The van der Waals surface area contributed by atoms with Gasteiger partial charge in [0, 0.05) is 146 Å². The van der Waals surface area contributed by atoms with E-state index >= 15 is 0 Å². The molecule has 0 aliphatic heterocycles. The van der Waals surface area contributed by atoms with E-state index in [2.05, 4.69) is 39.9 Å². The van der Waals surface area contributed by atoms with Gasteiger partial charge in [-0.1, -0.05) is 41.4 Å². The van der Waals surface area contributed by atoms with Gasteiger partial charge in [0.25, 0.3) is 0 Å². The van der Waals surface area contributed by atoms with Crippen LogP contribution in [0, 0.1) is 17.0 Å². The zero-order valence-electron chi connectivity index (χ0n) is 42.7. The summed E-state index contributed by atoms with van der Waals surface area (Å²) in [7, 11) is 11.5. The normalized spacial score (nSPS) is 12.1. The fraction of sp³-hybridized carbons (Fsp3) is 0.193. The van der Waals surface area contributed by atoms with Crippen molar-refractivity contribution >= 4 is 95.8 Å². The molecular weight excluding hydrogens is 1030 g/mol. The number of benzene rings is 2. The minimum Gasteiger partial charge on any atom is -0.456 e. The van der Waals surface area contributed by atoms with Crippen molar-refractivity contribution in [1.82, 2.24) is 39.9 Å². The standard InChI is InChI=1S/C29H25F2N3O3.C10H10ClN3.C10H11N3O.C8H5ClN2O/c1-34(2)28-16-24-22(17-33-28)25(9-12-32-24)37-21-8-5-19(23(31)15-21)14-27(36)29(10-11-29)26(35)13-18-3-6-20(30)7-4-18;1-14(2)10-5-9-7(6-13-10)8(11)3-4-12-9;1-13(2)10-5-8-7(6-12-10)9(14)3-4-11-8;9-8-3-6-5(4-11-8)7(12)1-2-10-6/h3-9,12,15-17H,10-11,13-14H2,1-2H3;3-6H,1-2H3;3-6H,1-2H3,(H,11,14);1-4H,(H,10,12). The number of halogens is 4. The number of rotatable bonds is 11. The SMILES string of the molecule is CN(C)c1cc2[nH]ccc(=O)c2cn1.CN(C)c1cc2nccc(Cl)c2cn1.CN(C)c1cc2nccc(Oc3ccc(CC(=O)C4(C(=O)Cc5ccc(F)cc5)CC4)c(F)c3)c2cn1.O=c1cc[nH]c2cc(Cl)ncc12. The number of hydrogen-bond donors (Lipinski definition) is 2. The van der Waals surface area contributed by atoms with Crippen LogP contribution in [0.25, 0.3) is 43.6 Å². The molecule has 20 heteroatoms. The predicted molar refractivity (Wildman–Crippen MR) is 299 cm³/mol. The van der Waals surface area contributed by atoms with Crippen LogP contribution in [0.5, 0.6) is 11.5 Å². The van der Waals surface area contributed by atoms with Gasteiger partial charge in [-0.05, 0) is 60.4 Å². The van der Waals surface area contributed by atoms with Gasteiger partial charge in [-0.15, -0.1) is 0 Å². The average molecular weight is 1080 g/mol. The first-order chi connectivity index (χ1) is 36.9. The fourth-order valence-electron chi connectivity index (χ4n) is 7.92. The molecule has 8 aromatic heterocycles. The number of hydrogen-bond acceptors (Lipinski definition) is 14. The van der Waals surface area contributed by atoms with Gasteiger partial charge in [-0.3, -0.25) is 29.1 Å². The molecule has 0 unspecified atom stereocenters. The number of fused-ring (bicyclic) bond motifs is 4. The molecule has 1 aliphatic rings. The van der Waals surface area contributed by atoms with Crippen LogP contribution in [-0.4, -0.2) is 93.7 Å². The number of Topliss-reactive ketones (excluding diaryl/α,β-unsaturated/α-hetero) is 2. The zero-order valence-corrected chi connectivity index (χ0v) is 44.2. The van der Waals surface area contributed by atoms with E-state index in [1.807, 2.05) is 75.2 Å². The maximum absolute atomic E-state index is 15.0. The topological polar surface area (TPSA) is 196 Å². The van der Waals surface area contributed by atoms with Crippen molar-refractivity contribution in [3.05, 3.63) is 194 Å². The number of aromatic nitrogens is 8. The number of aromatic amines is 2. The van der Waals surface area contributed by atoms with Crippen molar-refractivity contribution < 1.29 is 23.1 Å². The van der Waals surface area contributed by atoms with Crippen molar-refractivity contribution in [2.75, 3.05) is 57.0 Å². The third-order valence-corrected chi connectivity index (χ3v) is 13.0. The molecule has 1 aliphatic carbocycles.